The van der Waals surface area contributed by atoms with Crippen LogP contribution in [0, 0.1) is 19.8 Å². The Hall–Kier alpha value is -2.08. The summed E-state index contributed by atoms with van der Waals surface area (Å²) in [6.07, 6.45) is 1.05. The average molecular weight is 375 g/mol. The fourth-order valence-corrected chi connectivity index (χ4v) is 3.37. The number of benzene rings is 1. The van der Waals surface area contributed by atoms with Gasteiger partial charge in [-0.3, -0.25) is 4.99 Å². The number of nitrogens with one attached hydrogen (secondary N) is 2. The molecule has 0 spiro atoms. The molecule has 0 aliphatic rings. The van der Waals surface area contributed by atoms with Crippen molar-refractivity contribution >= 4 is 17.3 Å². The van der Waals surface area contributed by atoms with Crippen LogP contribution in [0.15, 0.2) is 29.3 Å². The topological polar surface area (TPSA) is 58.5 Å². The second kappa shape index (κ2) is 10.2. The van der Waals surface area contributed by atoms with Crippen molar-refractivity contribution in [2.75, 3.05) is 13.7 Å². The van der Waals surface area contributed by atoms with Crippen LogP contribution >= 0.6 is 11.3 Å². The van der Waals surface area contributed by atoms with Crippen LogP contribution in [0.25, 0.3) is 0 Å². The highest BCUT2D eigenvalue weighted by atomic mass is 32.1. The van der Waals surface area contributed by atoms with Crippen molar-refractivity contribution in [1.29, 1.82) is 0 Å². The summed E-state index contributed by atoms with van der Waals surface area (Å²) in [5, 5.41) is 7.81. The number of thiazole rings is 1. The zero-order chi connectivity index (χ0) is 18.9. The molecule has 0 saturated heterocycles. The molecule has 2 N–H and O–H groups in total. The highest BCUT2D eigenvalue weighted by Gasteiger charge is 2.08. The average Bonchev–Trinajstić information content (AvgIpc) is 2.93. The van der Waals surface area contributed by atoms with Gasteiger partial charge in [0.05, 0.1) is 23.9 Å². The van der Waals surface area contributed by atoms with Gasteiger partial charge in [0.25, 0.3) is 0 Å². The third kappa shape index (κ3) is 6.33. The Morgan fingerprint density at radius 3 is 2.58 bits per heavy atom. The number of guanidine groups is 1. The Morgan fingerprint density at radius 1 is 1.19 bits per heavy atom. The summed E-state index contributed by atoms with van der Waals surface area (Å²) in [6.45, 7) is 10.6. The molecule has 1 aromatic heterocycles. The largest absolute Gasteiger partial charge is 0.493 e. The van der Waals surface area contributed by atoms with Crippen LogP contribution in [-0.4, -0.2) is 24.6 Å². The number of aromatic nitrogens is 1. The first-order valence-electron chi connectivity index (χ1n) is 9.07. The van der Waals surface area contributed by atoms with Gasteiger partial charge in [0.2, 0.25) is 0 Å². The zero-order valence-electron chi connectivity index (χ0n) is 16.4. The molecule has 0 aliphatic heterocycles. The quantitative estimate of drug-likeness (QED) is 0.541. The number of ether oxygens (including phenoxy) is 1. The molecular weight excluding hydrogens is 344 g/mol. The van der Waals surface area contributed by atoms with E-state index in [9.17, 15) is 0 Å². The van der Waals surface area contributed by atoms with Gasteiger partial charge in [-0.25, -0.2) is 4.98 Å². The van der Waals surface area contributed by atoms with Gasteiger partial charge < -0.3 is 15.4 Å². The number of hydrogen-bond acceptors (Lipinski definition) is 4. The maximum absolute atomic E-state index is 5.95. The lowest BCUT2D eigenvalue weighted by molar-refractivity contribution is 0.286. The SMILES string of the molecule is CN=C(NCc1ccccc1OCCC(C)C)NCc1sc(C)nc1C. The molecule has 142 valence electrons. The van der Waals surface area contributed by atoms with E-state index in [2.05, 4.69) is 40.5 Å². The van der Waals surface area contributed by atoms with E-state index in [1.165, 1.54) is 4.88 Å². The highest BCUT2D eigenvalue weighted by Crippen LogP contribution is 2.19. The molecule has 0 aliphatic carbocycles. The van der Waals surface area contributed by atoms with E-state index in [-0.39, 0.29) is 0 Å². The lowest BCUT2D eigenvalue weighted by Gasteiger charge is -2.15. The zero-order valence-corrected chi connectivity index (χ0v) is 17.2. The molecule has 0 fully saturated rings. The van der Waals surface area contributed by atoms with Gasteiger partial charge in [0, 0.05) is 24.0 Å². The van der Waals surface area contributed by atoms with Crippen LogP contribution in [0.4, 0.5) is 0 Å². The Morgan fingerprint density at radius 2 is 1.92 bits per heavy atom. The molecule has 0 unspecified atom stereocenters. The van der Waals surface area contributed by atoms with E-state index in [1.807, 2.05) is 32.0 Å². The molecule has 2 rings (SSSR count). The normalized spacial score (nSPS) is 11.7. The predicted octanol–water partition coefficient (Wildman–Crippen LogP) is 4.05. The van der Waals surface area contributed by atoms with Crippen molar-refractivity contribution in [2.24, 2.45) is 10.9 Å². The van der Waals surface area contributed by atoms with Crippen molar-refractivity contribution in [3.63, 3.8) is 0 Å². The summed E-state index contributed by atoms with van der Waals surface area (Å²) < 4.78 is 5.95. The van der Waals surface area contributed by atoms with Crippen LogP contribution in [0.3, 0.4) is 0 Å². The number of aliphatic imine (C=N–C) groups is 1. The maximum atomic E-state index is 5.95. The number of aryl methyl sites for hydroxylation is 2. The second-order valence-corrected chi connectivity index (χ2v) is 7.95. The maximum Gasteiger partial charge on any atom is 0.191 e. The van der Waals surface area contributed by atoms with E-state index in [0.717, 1.165) is 47.5 Å². The Balaban J connectivity index is 1.89. The first kappa shape index (κ1) is 20.2. The molecule has 5 nitrogen and oxygen atoms in total. The molecule has 1 heterocycles. The number of rotatable bonds is 8. The highest BCUT2D eigenvalue weighted by molar-refractivity contribution is 7.11. The molecule has 26 heavy (non-hydrogen) atoms. The van der Waals surface area contributed by atoms with Crippen LogP contribution in [0.5, 0.6) is 5.75 Å². The van der Waals surface area contributed by atoms with E-state index in [1.54, 1.807) is 18.4 Å². The fourth-order valence-electron chi connectivity index (χ4n) is 2.50. The smallest absolute Gasteiger partial charge is 0.191 e. The summed E-state index contributed by atoms with van der Waals surface area (Å²) in [6, 6.07) is 8.15. The standard InChI is InChI=1S/C20H30N4OS/c1-14(2)10-11-25-18-9-7-6-8-17(18)12-22-20(21-5)23-13-19-15(3)24-16(4)26-19/h6-9,14H,10-13H2,1-5H3,(H2,21,22,23). The molecule has 0 amide bonds. The molecule has 0 bridgehead atoms. The Kier molecular flexibility index (Phi) is 7.91. The monoisotopic (exact) mass is 374 g/mol. The first-order chi connectivity index (χ1) is 12.5. The van der Waals surface area contributed by atoms with Gasteiger partial charge in [0.15, 0.2) is 5.96 Å². The van der Waals surface area contributed by atoms with E-state index in [4.69, 9.17) is 4.74 Å². The summed E-state index contributed by atoms with van der Waals surface area (Å²) >= 11 is 1.72. The van der Waals surface area contributed by atoms with E-state index < -0.39 is 0 Å². The van der Waals surface area contributed by atoms with Gasteiger partial charge in [-0.15, -0.1) is 11.3 Å². The van der Waals surface area contributed by atoms with Crippen LogP contribution in [0.2, 0.25) is 0 Å². The van der Waals surface area contributed by atoms with Gasteiger partial charge in [-0.2, -0.15) is 0 Å². The lowest BCUT2D eigenvalue weighted by atomic mass is 10.1. The third-order valence-corrected chi connectivity index (χ3v) is 5.08. The van der Waals surface area contributed by atoms with Crippen molar-refractivity contribution in [2.45, 2.75) is 47.2 Å². The fraction of sp³-hybridized carbons (Fsp3) is 0.500. The lowest BCUT2D eigenvalue weighted by Crippen LogP contribution is -2.36. The molecule has 0 saturated carbocycles. The van der Waals surface area contributed by atoms with Gasteiger partial charge in [-0.05, 0) is 32.3 Å². The minimum absolute atomic E-state index is 0.641. The summed E-state index contributed by atoms with van der Waals surface area (Å²) in [5.41, 5.74) is 2.21. The molecule has 0 radical (unpaired) electrons. The Labute approximate surface area is 160 Å². The molecular formula is C20H30N4OS. The summed E-state index contributed by atoms with van der Waals surface area (Å²) in [5.74, 6) is 2.35. The Bertz CT molecular complexity index is 724. The van der Waals surface area contributed by atoms with Gasteiger partial charge in [-0.1, -0.05) is 32.0 Å². The molecule has 6 heteroatoms. The predicted molar refractivity (Wildman–Crippen MR) is 110 cm³/mol. The second-order valence-electron chi connectivity index (χ2n) is 6.66. The van der Waals surface area contributed by atoms with Crippen molar-refractivity contribution in [1.82, 2.24) is 15.6 Å². The van der Waals surface area contributed by atoms with E-state index in [0.29, 0.717) is 12.5 Å². The van der Waals surface area contributed by atoms with Crippen LogP contribution in [-0.2, 0) is 13.1 Å². The first-order valence-corrected chi connectivity index (χ1v) is 9.89. The third-order valence-electron chi connectivity index (χ3n) is 4.01. The number of hydrogen-bond donors (Lipinski definition) is 2. The number of nitrogens with zero attached hydrogens (tertiary/aromatic N) is 2. The molecule has 1 aromatic carbocycles. The van der Waals surface area contributed by atoms with Crippen molar-refractivity contribution in [3.05, 3.63) is 45.4 Å². The van der Waals surface area contributed by atoms with Gasteiger partial charge >= 0.3 is 0 Å². The minimum atomic E-state index is 0.641. The minimum Gasteiger partial charge on any atom is -0.493 e. The van der Waals surface area contributed by atoms with Crippen molar-refractivity contribution in [3.8, 4) is 5.75 Å². The molecule has 2 aromatic rings. The van der Waals surface area contributed by atoms with Crippen LogP contribution < -0.4 is 15.4 Å². The summed E-state index contributed by atoms with van der Waals surface area (Å²) in [7, 11) is 1.78. The van der Waals surface area contributed by atoms with E-state index >= 15 is 0 Å². The van der Waals surface area contributed by atoms with Gasteiger partial charge in [0.1, 0.15) is 5.75 Å². The molecule has 0 atom stereocenters. The van der Waals surface area contributed by atoms with Crippen molar-refractivity contribution < 1.29 is 4.74 Å². The number of para-hydroxylation sites is 1. The summed E-state index contributed by atoms with van der Waals surface area (Å²) in [4.78, 5) is 10.0. The van der Waals surface area contributed by atoms with Crippen LogP contribution in [0.1, 0.15) is 41.4 Å².